The topological polar surface area (TPSA) is 34.1 Å². The van der Waals surface area contributed by atoms with Gasteiger partial charge in [0.1, 0.15) is 11.6 Å². The van der Waals surface area contributed by atoms with Crippen LogP contribution < -0.4 is 0 Å². The monoisotopic (exact) mass is 198 g/mol. The molecule has 0 heterocycles. The molecule has 1 atom stereocenters. The Hall–Kier alpha value is -0.660. The molecule has 0 rings (SSSR count). The normalized spacial score (nSPS) is 13.8. The summed E-state index contributed by atoms with van der Waals surface area (Å²) in [6.45, 7) is 9.49. The lowest BCUT2D eigenvalue weighted by molar-refractivity contribution is -0.137. The maximum Gasteiger partial charge on any atom is 0.148 e. The van der Waals surface area contributed by atoms with Crippen molar-refractivity contribution in [2.45, 2.75) is 53.9 Å². The van der Waals surface area contributed by atoms with Gasteiger partial charge < -0.3 is 0 Å². The number of carbonyl (C=O) groups excluding carboxylic acids is 2. The van der Waals surface area contributed by atoms with Gasteiger partial charge in [-0.25, -0.2) is 0 Å². The Morgan fingerprint density at radius 2 is 1.64 bits per heavy atom. The van der Waals surface area contributed by atoms with Crippen LogP contribution in [0.25, 0.3) is 0 Å². The largest absolute Gasteiger partial charge is 0.299 e. The summed E-state index contributed by atoms with van der Waals surface area (Å²) < 4.78 is 0. The zero-order chi connectivity index (χ0) is 11.4. The molecule has 0 bridgehead atoms. The second-order valence-corrected chi connectivity index (χ2v) is 4.79. The van der Waals surface area contributed by atoms with Gasteiger partial charge in [-0.05, 0) is 12.8 Å². The van der Waals surface area contributed by atoms with Crippen LogP contribution in [0.4, 0.5) is 0 Å². The van der Waals surface area contributed by atoms with Crippen LogP contribution in [0, 0.1) is 11.3 Å². The molecule has 0 aromatic rings. The molecule has 0 saturated heterocycles. The van der Waals surface area contributed by atoms with E-state index < -0.39 is 5.41 Å². The highest BCUT2D eigenvalue weighted by Crippen LogP contribution is 2.23. The van der Waals surface area contributed by atoms with Crippen LogP contribution in [0.15, 0.2) is 0 Å². The molecule has 0 aliphatic rings. The van der Waals surface area contributed by atoms with Crippen molar-refractivity contribution >= 4 is 11.6 Å². The maximum atomic E-state index is 11.9. The highest BCUT2D eigenvalue weighted by Gasteiger charge is 2.32. The lowest BCUT2D eigenvalue weighted by Gasteiger charge is -2.22. The summed E-state index contributed by atoms with van der Waals surface area (Å²) in [5.74, 6) is -0.191. The molecule has 2 heteroatoms. The molecule has 2 nitrogen and oxygen atoms in total. The average Bonchev–Trinajstić information content (AvgIpc) is 2.04. The molecule has 0 aromatic heterocycles. The van der Waals surface area contributed by atoms with E-state index in [-0.39, 0.29) is 17.5 Å². The molecule has 0 amide bonds. The lowest BCUT2D eigenvalue weighted by Crippen LogP contribution is -2.33. The number of rotatable bonds is 5. The molecule has 82 valence electrons. The minimum absolute atomic E-state index is 0.0819. The molecule has 0 fully saturated rings. The van der Waals surface area contributed by atoms with E-state index in [4.69, 9.17) is 0 Å². The van der Waals surface area contributed by atoms with E-state index >= 15 is 0 Å². The Balaban J connectivity index is 4.57. The number of hydrogen-bond donors (Lipinski definition) is 0. The third kappa shape index (κ3) is 3.60. The van der Waals surface area contributed by atoms with Crippen molar-refractivity contribution < 1.29 is 9.59 Å². The van der Waals surface area contributed by atoms with E-state index in [9.17, 15) is 9.59 Å². The van der Waals surface area contributed by atoms with Crippen molar-refractivity contribution in [3.8, 4) is 0 Å². The Bertz CT molecular complexity index is 211. The van der Waals surface area contributed by atoms with E-state index in [0.717, 1.165) is 6.42 Å². The predicted octanol–water partition coefficient (Wildman–Crippen LogP) is 3.00. The predicted molar refractivity (Wildman–Crippen MR) is 58.2 cm³/mol. The van der Waals surface area contributed by atoms with Crippen LogP contribution in [0.5, 0.6) is 0 Å². The summed E-state index contributed by atoms with van der Waals surface area (Å²) >= 11 is 0. The average molecular weight is 198 g/mol. The summed E-state index contributed by atoms with van der Waals surface area (Å²) in [6, 6.07) is 0. The third-order valence-corrected chi connectivity index (χ3v) is 2.35. The molecular weight excluding hydrogens is 176 g/mol. The molecule has 1 unspecified atom stereocenters. The Morgan fingerprint density at radius 3 is 1.93 bits per heavy atom. The van der Waals surface area contributed by atoms with E-state index in [1.54, 1.807) is 0 Å². The molecule has 0 aliphatic carbocycles. The second kappa shape index (κ2) is 5.28. The van der Waals surface area contributed by atoms with E-state index in [2.05, 4.69) is 0 Å². The third-order valence-electron chi connectivity index (χ3n) is 2.35. The van der Waals surface area contributed by atoms with Gasteiger partial charge in [-0.1, -0.05) is 34.6 Å². The van der Waals surface area contributed by atoms with Crippen molar-refractivity contribution in [3.05, 3.63) is 0 Å². The van der Waals surface area contributed by atoms with Crippen molar-refractivity contribution in [2.75, 3.05) is 0 Å². The highest BCUT2D eigenvalue weighted by molar-refractivity contribution is 6.04. The van der Waals surface area contributed by atoms with Gasteiger partial charge in [0.05, 0.1) is 5.92 Å². The second-order valence-electron chi connectivity index (χ2n) is 4.79. The van der Waals surface area contributed by atoms with E-state index in [1.807, 2.05) is 34.6 Å². The minimum atomic E-state index is -0.399. The van der Waals surface area contributed by atoms with Gasteiger partial charge in [0, 0.05) is 11.8 Å². The van der Waals surface area contributed by atoms with E-state index in [1.165, 1.54) is 0 Å². The summed E-state index contributed by atoms with van der Waals surface area (Å²) in [7, 11) is 0. The van der Waals surface area contributed by atoms with Gasteiger partial charge in [0.25, 0.3) is 0 Å². The zero-order valence-corrected chi connectivity index (χ0v) is 10.0. The van der Waals surface area contributed by atoms with Crippen molar-refractivity contribution in [1.29, 1.82) is 0 Å². The first-order chi connectivity index (χ1) is 6.34. The number of Topliss-reactive ketones (excluding diaryl/α,β-unsaturated/α-hetero) is 2. The number of carbonyl (C=O) groups is 2. The smallest absolute Gasteiger partial charge is 0.148 e. The van der Waals surface area contributed by atoms with Crippen molar-refractivity contribution in [3.63, 3.8) is 0 Å². The van der Waals surface area contributed by atoms with Crippen LogP contribution in [0.2, 0.25) is 0 Å². The molecule has 0 radical (unpaired) electrons. The van der Waals surface area contributed by atoms with Gasteiger partial charge in [-0.15, -0.1) is 0 Å². The molecule has 0 aliphatic heterocycles. The van der Waals surface area contributed by atoms with Gasteiger partial charge in [-0.2, -0.15) is 0 Å². The van der Waals surface area contributed by atoms with Gasteiger partial charge in [0.15, 0.2) is 0 Å². The molecule has 0 saturated carbocycles. The van der Waals surface area contributed by atoms with Crippen molar-refractivity contribution in [2.24, 2.45) is 11.3 Å². The quantitative estimate of drug-likeness (QED) is 0.636. The molecule has 0 spiro atoms. The van der Waals surface area contributed by atoms with Crippen LogP contribution >= 0.6 is 0 Å². The molecule has 14 heavy (non-hydrogen) atoms. The van der Waals surface area contributed by atoms with Gasteiger partial charge in [-0.3, -0.25) is 9.59 Å². The van der Waals surface area contributed by atoms with Crippen molar-refractivity contribution in [1.82, 2.24) is 0 Å². The molecular formula is C12H22O2. The fourth-order valence-electron chi connectivity index (χ4n) is 1.50. The number of hydrogen-bond acceptors (Lipinski definition) is 2. The zero-order valence-electron chi connectivity index (χ0n) is 10.0. The van der Waals surface area contributed by atoms with Crippen LogP contribution in [-0.2, 0) is 9.59 Å². The lowest BCUT2D eigenvalue weighted by atomic mass is 9.79. The van der Waals surface area contributed by atoms with Gasteiger partial charge in [0.2, 0.25) is 0 Å². The first-order valence-corrected chi connectivity index (χ1v) is 5.41. The summed E-state index contributed by atoms with van der Waals surface area (Å²) in [5, 5.41) is 0. The Labute approximate surface area is 87.1 Å². The standard InChI is InChI=1S/C12H22O2/c1-6-8-10(13)9(7-2)11(14)12(3,4)5/h9H,6-8H2,1-5H3. The first-order valence-electron chi connectivity index (χ1n) is 5.41. The fourth-order valence-corrected chi connectivity index (χ4v) is 1.50. The van der Waals surface area contributed by atoms with Gasteiger partial charge >= 0.3 is 0 Å². The first kappa shape index (κ1) is 13.3. The SMILES string of the molecule is CCCC(=O)C(CC)C(=O)C(C)(C)C. The summed E-state index contributed by atoms with van der Waals surface area (Å²) in [6.07, 6.45) is 1.99. The number of ketones is 2. The summed E-state index contributed by atoms with van der Waals surface area (Å²) in [4.78, 5) is 23.5. The Morgan fingerprint density at radius 1 is 1.14 bits per heavy atom. The minimum Gasteiger partial charge on any atom is -0.299 e. The van der Waals surface area contributed by atoms with E-state index in [0.29, 0.717) is 12.8 Å². The van der Waals surface area contributed by atoms with Crippen LogP contribution in [0.3, 0.4) is 0 Å². The maximum absolute atomic E-state index is 11.9. The Kier molecular flexibility index (Phi) is 5.03. The van der Waals surface area contributed by atoms with Crippen LogP contribution in [0.1, 0.15) is 53.9 Å². The van der Waals surface area contributed by atoms with Crippen LogP contribution in [-0.4, -0.2) is 11.6 Å². The molecule has 0 N–H and O–H groups in total. The fraction of sp³-hybridized carbons (Fsp3) is 0.833. The highest BCUT2D eigenvalue weighted by atomic mass is 16.2. The molecule has 0 aromatic carbocycles. The summed E-state index contributed by atoms with van der Waals surface area (Å²) in [5.41, 5.74) is -0.399.